The number of aliphatic hydroxyl groups excluding tert-OH is 1. The fourth-order valence-corrected chi connectivity index (χ4v) is 2.17. The van der Waals surface area contributed by atoms with Crippen LogP contribution in [0.5, 0.6) is 0 Å². The summed E-state index contributed by atoms with van der Waals surface area (Å²) in [5.41, 5.74) is 0. The number of allylic oxidation sites excluding steroid dienone is 2. The monoisotopic (exact) mass is 277 g/mol. The molecule has 7 heteroatoms. The first-order valence-electron chi connectivity index (χ1n) is 6.03. The first-order valence-corrected chi connectivity index (χ1v) is 6.03. The molecule has 0 heterocycles. The van der Waals surface area contributed by atoms with Crippen molar-refractivity contribution in [3.8, 4) is 0 Å². The lowest BCUT2D eigenvalue weighted by Crippen LogP contribution is -2.44. The van der Waals surface area contributed by atoms with Gasteiger partial charge in [-0.15, -0.1) is 0 Å². The van der Waals surface area contributed by atoms with Gasteiger partial charge in [0.25, 0.3) is 6.43 Å². The highest BCUT2D eigenvalue weighted by atomic mass is 19.3. The van der Waals surface area contributed by atoms with Crippen molar-refractivity contribution >= 4 is 11.9 Å². The molecule has 0 saturated heterocycles. The molecular formula is C12H17F2NO4. The number of nitrogens with zero attached hydrogens (tertiary/aromatic N) is 1. The number of hydrogen-bond acceptors (Lipinski definition) is 3. The van der Waals surface area contributed by atoms with Crippen LogP contribution < -0.4 is 0 Å². The third kappa shape index (κ3) is 4.27. The largest absolute Gasteiger partial charge is 0.481 e. The number of carboxylic acids is 1. The Hall–Kier alpha value is -1.50. The van der Waals surface area contributed by atoms with Crippen molar-refractivity contribution in [1.82, 2.24) is 4.90 Å². The third-order valence-electron chi connectivity index (χ3n) is 3.11. The summed E-state index contributed by atoms with van der Waals surface area (Å²) >= 11 is 0. The second-order valence-corrected chi connectivity index (χ2v) is 4.39. The number of rotatable bonds is 6. The number of aliphatic carboxylic acids is 1. The van der Waals surface area contributed by atoms with Gasteiger partial charge in [0.05, 0.1) is 25.0 Å². The molecule has 0 radical (unpaired) electrons. The average Bonchev–Trinajstić information content (AvgIpc) is 2.37. The van der Waals surface area contributed by atoms with E-state index in [0.29, 0.717) is 0 Å². The molecule has 19 heavy (non-hydrogen) atoms. The van der Waals surface area contributed by atoms with Gasteiger partial charge >= 0.3 is 5.97 Å². The van der Waals surface area contributed by atoms with Crippen LogP contribution in [0, 0.1) is 11.8 Å². The molecule has 5 nitrogen and oxygen atoms in total. The summed E-state index contributed by atoms with van der Waals surface area (Å²) in [4.78, 5) is 24.0. The minimum absolute atomic E-state index is 0.213. The maximum absolute atomic E-state index is 12.4. The topological polar surface area (TPSA) is 77.8 Å². The molecule has 1 aliphatic carbocycles. The van der Waals surface area contributed by atoms with E-state index in [2.05, 4.69) is 0 Å². The summed E-state index contributed by atoms with van der Waals surface area (Å²) in [7, 11) is 0. The zero-order chi connectivity index (χ0) is 14.4. The number of carbonyl (C=O) groups is 2. The molecule has 0 aliphatic heterocycles. The summed E-state index contributed by atoms with van der Waals surface area (Å²) in [5.74, 6) is -3.47. The van der Waals surface area contributed by atoms with Crippen LogP contribution in [0.3, 0.4) is 0 Å². The first kappa shape index (κ1) is 15.6. The Morgan fingerprint density at radius 1 is 1.26 bits per heavy atom. The van der Waals surface area contributed by atoms with Gasteiger partial charge in [-0.2, -0.15) is 0 Å². The van der Waals surface area contributed by atoms with Gasteiger partial charge in [-0.3, -0.25) is 9.59 Å². The van der Waals surface area contributed by atoms with E-state index in [1.807, 2.05) is 0 Å². The second kappa shape index (κ2) is 7.18. The number of alkyl halides is 2. The van der Waals surface area contributed by atoms with E-state index in [4.69, 9.17) is 10.2 Å². The maximum atomic E-state index is 12.4. The van der Waals surface area contributed by atoms with Crippen LogP contribution >= 0.6 is 0 Å². The van der Waals surface area contributed by atoms with Gasteiger partial charge in [-0.05, 0) is 12.8 Å². The summed E-state index contributed by atoms with van der Waals surface area (Å²) in [6.07, 6.45) is 1.08. The zero-order valence-corrected chi connectivity index (χ0v) is 10.3. The number of carbonyl (C=O) groups excluding carboxylic acids is 1. The number of amides is 1. The van der Waals surface area contributed by atoms with Crippen LogP contribution in [0.4, 0.5) is 8.78 Å². The van der Waals surface area contributed by atoms with Gasteiger partial charge in [0.15, 0.2) is 0 Å². The number of halogens is 2. The van der Waals surface area contributed by atoms with Gasteiger partial charge < -0.3 is 15.1 Å². The van der Waals surface area contributed by atoms with Gasteiger partial charge in [0.1, 0.15) is 0 Å². The molecule has 0 spiro atoms. The molecule has 2 atom stereocenters. The van der Waals surface area contributed by atoms with E-state index in [1.165, 1.54) is 0 Å². The van der Waals surface area contributed by atoms with Crippen LogP contribution in [-0.4, -0.2) is 53.1 Å². The number of carboxylic acid groups (broad SMARTS) is 1. The SMILES string of the molecule is O=C(O)[C@H]1CC=CC[C@H]1C(=O)N(CCO)CC(F)F. The fourth-order valence-electron chi connectivity index (χ4n) is 2.17. The standard InChI is InChI=1S/C12H17F2NO4/c13-10(14)7-15(5-6-16)11(17)8-3-1-2-4-9(8)12(18)19/h1-2,8-10,16H,3-7H2,(H,18,19)/t8-,9+/m1/s1. The predicted molar refractivity (Wildman–Crippen MR) is 62.7 cm³/mol. The molecule has 0 bridgehead atoms. The Labute approximate surface area is 109 Å². The smallest absolute Gasteiger partial charge is 0.307 e. The lowest BCUT2D eigenvalue weighted by Gasteiger charge is -2.30. The highest BCUT2D eigenvalue weighted by molar-refractivity contribution is 5.85. The molecule has 0 unspecified atom stereocenters. The molecule has 0 saturated carbocycles. The van der Waals surface area contributed by atoms with Crippen LogP contribution in [-0.2, 0) is 9.59 Å². The van der Waals surface area contributed by atoms with Crippen LogP contribution in [0.2, 0.25) is 0 Å². The molecule has 0 aromatic heterocycles. The van der Waals surface area contributed by atoms with Gasteiger partial charge in [0, 0.05) is 6.54 Å². The lowest BCUT2D eigenvalue weighted by molar-refractivity contribution is -0.151. The van der Waals surface area contributed by atoms with E-state index in [1.54, 1.807) is 12.2 Å². The second-order valence-electron chi connectivity index (χ2n) is 4.39. The lowest BCUT2D eigenvalue weighted by atomic mass is 9.82. The van der Waals surface area contributed by atoms with E-state index in [0.717, 1.165) is 4.90 Å². The summed E-state index contributed by atoms with van der Waals surface area (Å²) < 4.78 is 24.8. The number of hydrogen-bond donors (Lipinski definition) is 2. The molecular weight excluding hydrogens is 260 g/mol. The Morgan fingerprint density at radius 2 is 1.84 bits per heavy atom. The highest BCUT2D eigenvalue weighted by Crippen LogP contribution is 2.27. The molecule has 1 aliphatic rings. The first-order chi connectivity index (χ1) is 8.97. The minimum Gasteiger partial charge on any atom is -0.481 e. The fraction of sp³-hybridized carbons (Fsp3) is 0.667. The van der Waals surface area contributed by atoms with Crippen LogP contribution in [0.15, 0.2) is 12.2 Å². The molecule has 2 N–H and O–H groups in total. The molecule has 108 valence electrons. The minimum atomic E-state index is -2.71. The van der Waals surface area contributed by atoms with Crippen molar-refractivity contribution in [2.24, 2.45) is 11.8 Å². The van der Waals surface area contributed by atoms with Crippen molar-refractivity contribution in [2.75, 3.05) is 19.7 Å². The Kier molecular flexibility index (Phi) is 5.88. The van der Waals surface area contributed by atoms with Crippen LogP contribution in [0.1, 0.15) is 12.8 Å². The summed E-state index contributed by atoms with van der Waals surface area (Å²) in [5, 5.41) is 17.9. The Morgan fingerprint density at radius 3 is 2.32 bits per heavy atom. The van der Waals surface area contributed by atoms with Crippen molar-refractivity contribution in [2.45, 2.75) is 19.3 Å². The Balaban J connectivity index is 2.81. The quantitative estimate of drug-likeness (QED) is 0.702. The average molecular weight is 277 g/mol. The van der Waals surface area contributed by atoms with Gasteiger partial charge in [-0.1, -0.05) is 12.2 Å². The normalized spacial score (nSPS) is 22.5. The summed E-state index contributed by atoms with van der Waals surface area (Å²) in [6.45, 7) is -1.43. The van der Waals surface area contributed by atoms with E-state index < -0.39 is 43.3 Å². The third-order valence-corrected chi connectivity index (χ3v) is 3.11. The van der Waals surface area contributed by atoms with Crippen molar-refractivity contribution in [1.29, 1.82) is 0 Å². The molecule has 0 fully saturated rings. The van der Waals surface area contributed by atoms with Gasteiger partial charge in [-0.25, -0.2) is 8.78 Å². The van der Waals surface area contributed by atoms with Crippen LogP contribution in [0.25, 0.3) is 0 Å². The molecule has 1 rings (SSSR count). The van der Waals surface area contributed by atoms with Gasteiger partial charge in [0.2, 0.25) is 5.91 Å². The Bertz CT molecular complexity index is 360. The van der Waals surface area contributed by atoms with Crippen molar-refractivity contribution in [3.05, 3.63) is 12.2 Å². The number of aliphatic hydroxyl groups is 1. The van der Waals surface area contributed by atoms with Crippen molar-refractivity contribution < 1.29 is 28.6 Å². The maximum Gasteiger partial charge on any atom is 0.307 e. The molecule has 0 aromatic carbocycles. The van der Waals surface area contributed by atoms with E-state index >= 15 is 0 Å². The molecule has 0 aromatic rings. The predicted octanol–water partition coefficient (Wildman–Crippen LogP) is 0.739. The van der Waals surface area contributed by atoms with E-state index in [-0.39, 0.29) is 19.4 Å². The van der Waals surface area contributed by atoms with Crippen molar-refractivity contribution in [3.63, 3.8) is 0 Å². The zero-order valence-electron chi connectivity index (χ0n) is 10.3. The summed E-state index contributed by atoms with van der Waals surface area (Å²) in [6, 6.07) is 0. The highest BCUT2D eigenvalue weighted by Gasteiger charge is 2.36. The molecule has 1 amide bonds. The van der Waals surface area contributed by atoms with E-state index in [9.17, 15) is 18.4 Å².